The lowest BCUT2D eigenvalue weighted by Gasteiger charge is -2.41. The van der Waals surface area contributed by atoms with Crippen molar-refractivity contribution < 1.29 is 18.7 Å². The fourth-order valence-electron chi connectivity index (χ4n) is 3.43. The fraction of sp³-hybridized carbons (Fsp3) is 0.364. The van der Waals surface area contributed by atoms with Crippen molar-refractivity contribution in [3.8, 4) is 5.75 Å². The highest BCUT2D eigenvalue weighted by molar-refractivity contribution is 6.30. The van der Waals surface area contributed by atoms with Crippen molar-refractivity contribution in [1.82, 2.24) is 15.1 Å². The van der Waals surface area contributed by atoms with Gasteiger partial charge in [-0.2, -0.15) is 0 Å². The average Bonchev–Trinajstić information content (AvgIpc) is 2.73. The molecule has 30 heavy (non-hydrogen) atoms. The summed E-state index contributed by atoms with van der Waals surface area (Å²) in [5, 5.41) is 3.41. The molecule has 6 nitrogen and oxygen atoms in total. The van der Waals surface area contributed by atoms with E-state index >= 15 is 0 Å². The minimum Gasteiger partial charge on any atom is -0.484 e. The summed E-state index contributed by atoms with van der Waals surface area (Å²) < 4.78 is 18.7. The second-order valence-corrected chi connectivity index (χ2v) is 7.72. The highest BCUT2D eigenvalue weighted by Crippen LogP contribution is 2.17. The van der Waals surface area contributed by atoms with Crippen LogP contribution in [0.5, 0.6) is 5.75 Å². The highest BCUT2D eigenvalue weighted by Gasteiger charge is 2.30. The van der Waals surface area contributed by atoms with Crippen LogP contribution in [0.2, 0.25) is 5.02 Å². The SMILES string of the molecule is CC(=O)NCC1CN(Cc2ccc(F)cc2)CCN1C(=O)COc1ccc(Cl)cc1. The lowest BCUT2D eigenvalue weighted by Crippen LogP contribution is -2.59. The molecule has 1 saturated heterocycles. The molecule has 0 spiro atoms. The first-order valence-electron chi connectivity index (χ1n) is 9.80. The maximum Gasteiger partial charge on any atom is 0.260 e. The molecule has 160 valence electrons. The third-order valence-electron chi connectivity index (χ3n) is 4.97. The molecule has 0 bridgehead atoms. The Kier molecular flexibility index (Phi) is 7.65. The van der Waals surface area contributed by atoms with Gasteiger partial charge in [0.15, 0.2) is 6.61 Å². The van der Waals surface area contributed by atoms with E-state index in [0.717, 1.165) is 5.56 Å². The van der Waals surface area contributed by atoms with Gasteiger partial charge >= 0.3 is 0 Å². The molecule has 2 aromatic carbocycles. The van der Waals surface area contributed by atoms with Gasteiger partial charge in [-0.3, -0.25) is 14.5 Å². The summed E-state index contributed by atoms with van der Waals surface area (Å²) in [5.74, 6) is 0.0247. The Balaban J connectivity index is 1.60. The number of nitrogens with one attached hydrogen (secondary N) is 1. The van der Waals surface area contributed by atoms with Crippen LogP contribution in [-0.2, 0) is 16.1 Å². The molecule has 1 fully saturated rings. The van der Waals surface area contributed by atoms with Gasteiger partial charge < -0.3 is 15.0 Å². The molecule has 1 N–H and O–H groups in total. The molecule has 3 rings (SSSR count). The van der Waals surface area contributed by atoms with Crippen molar-refractivity contribution in [2.45, 2.75) is 19.5 Å². The summed E-state index contributed by atoms with van der Waals surface area (Å²) in [7, 11) is 0. The quantitative estimate of drug-likeness (QED) is 0.729. The van der Waals surface area contributed by atoms with Crippen LogP contribution in [0.25, 0.3) is 0 Å². The van der Waals surface area contributed by atoms with Gasteiger partial charge in [0.1, 0.15) is 11.6 Å². The Morgan fingerprint density at radius 1 is 1.13 bits per heavy atom. The van der Waals surface area contributed by atoms with E-state index in [0.29, 0.717) is 43.5 Å². The summed E-state index contributed by atoms with van der Waals surface area (Å²) in [6.07, 6.45) is 0. The molecule has 2 amide bonds. The number of halogens is 2. The molecule has 2 aromatic rings. The summed E-state index contributed by atoms with van der Waals surface area (Å²) in [6.45, 7) is 4.19. The molecule has 1 aliphatic heterocycles. The normalized spacial score (nSPS) is 16.9. The zero-order valence-electron chi connectivity index (χ0n) is 16.8. The predicted octanol–water partition coefficient (Wildman–Crippen LogP) is 2.71. The lowest BCUT2D eigenvalue weighted by molar-refractivity contribution is -0.139. The van der Waals surface area contributed by atoms with E-state index < -0.39 is 0 Å². The van der Waals surface area contributed by atoms with Gasteiger partial charge in [-0.05, 0) is 42.0 Å². The van der Waals surface area contributed by atoms with Gasteiger partial charge in [0.05, 0.1) is 6.04 Å². The molecular formula is C22H25ClFN3O3. The Morgan fingerprint density at radius 2 is 1.83 bits per heavy atom. The van der Waals surface area contributed by atoms with Gasteiger partial charge in [0, 0.05) is 44.7 Å². The average molecular weight is 434 g/mol. The topological polar surface area (TPSA) is 61.9 Å². The molecule has 1 heterocycles. The lowest BCUT2D eigenvalue weighted by atomic mass is 10.1. The molecule has 0 aliphatic carbocycles. The van der Waals surface area contributed by atoms with Gasteiger partial charge in [0.2, 0.25) is 5.91 Å². The summed E-state index contributed by atoms with van der Waals surface area (Å²) in [6, 6.07) is 13.1. The van der Waals surface area contributed by atoms with Gasteiger partial charge in [-0.1, -0.05) is 23.7 Å². The number of carbonyl (C=O) groups excluding carboxylic acids is 2. The number of rotatable bonds is 7. The van der Waals surface area contributed by atoms with Crippen LogP contribution in [0.4, 0.5) is 4.39 Å². The van der Waals surface area contributed by atoms with Crippen molar-refractivity contribution in [2.75, 3.05) is 32.8 Å². The molecule has 0 aromatic heterocycles. The number of benzene rings is 2. The molecule has 1 atom stereocenters. The second kappa shape index (κ2) is 10.4. The predicted molar refractivity (Wildman–Crippen MR) is 113 cm³/mol. The standard InChI is InChI=1S/C22H25ClFN3O3/c1-16(28)25-12-20-14-26(13-17-2-6-19(24)7-3-17)10-11-27(20)22(29)15-30-21-8-4-18(23)5-9-21/h2-9,20H,10-15H2,1H3,(H,25,28). The van der Waals surface area contributed by atoms with Crippen LogP contribution in [0.1, 0.15) is 12.5 Å². The van der Waals surface area contributed by atoms with E-state index in [4.69, 9.17) is 16.3 Å². The van der Waals surface area contributed by atoms with E-state index in [-0.39, 0.29) is 30.3 Å². The minimum atomic E-state index is -0.265. The van der Waals surface area contributed by atoms with Crippen LogP contribution in [0, 0.1) is 5.82 Å². The van der Waals surface area contributed by atoms with Crippen molar-refractivity contribution in [1.29, 1.82) is 0 Å². The minimum absolute atomic E-state index is 0.0871. The zero-order chi connectivity index (χ0) is 21.5. The third-order valence-corrected chi connectivity index (χ3v) is 5.22. The number of piperazine rings is 1. The van der Waals surface area contributed by atoms with E-state index in [2.05, 4.69) is 10.2 Å². The Hall–Kier alpha value is -2.64. The van der Waals surface area contributed by atoms with Crippen molar-refractivity contribution in [2.24, 2.45) is 0 Å². The molecule has 8 heteroatoms. The van der Waals surface area contributed by atoms with E-state index in [1.807, 2.05) is 0 Å². The Labute approximate surface area is 180 Å². The molecule has 0 radical (unpaired) electrons. The third kappa shape index (κ3) is 6.43. The summed E-state index contributed by atoms with van der Waals surface area (Å²) in [5.41, 5.74) is 1.00. The summed E-state index contributed by atoms with van der Waals surface area (Å²) >= 11 is 5.87. The maximum absolute atomic E-state index is 13.1. The van der Waals surface area contributed by atoms with Gasteiger partial charge in [-0.15, -0.1) is 0 Å². The van der Waals surface area contributed by atoms with Crippen LogP contribution < -0.4 is 10.1 Å². The first-order valence-corrected chi connectivity index (χ1v) is 10.2. The maximum atomic E-state index is 13.1. The fourth-order valence-corrected chi connectivity index (χ4v) is 3.56. The van der Waals surface area contributed by atoms with Crippen LogP contribution >= 0.6 is 11.6 Å². The first kappa shape index (κ1) is 22.1. The molecule has 1 aliphatic rings. The zero-order valence-corrected chi connectivity index (χ0v) is 17.6. The number of carbonyl (C=O) groups is 2. The van der Waals surface area contributed by atoms with Crippen LogP contribution in [-0.4, -0.2) is 60.4 Å². The number of ether oxygens (including phenoxy) is 1. The number of hydrogen-bond acceptors (Lipinski definition) is 4. The number of hydrogen-bond donors (Lipinski definition) is 1. The van der Waals surface area contributed by atoms with E-state index in [1.54, 1.807) is 41.3 Å². The second-order valence-electron chi connectivity index (χ2n) is 7.28. The van der Waals surface area contributed by atoms with Gasteiger partial charge in [0.25, 0.3) is 5.91 Å². The number of amides is 2. The van der Waals surface area contributed by atoms with Crippen molar-refractivity contribution in [3.63, 3.8) is 0 Å². The largest absolute Gasteiger partial charge is 0.484 e. The molecule has 1 unspecified atom stereocenters. The van der Waals surface area contributed by atoms with Crippen LogP contribution in [0.15, 0.2) is 48.5 Å². The monoisotopic (exact) mass is 433 g/mol. The van der Waals surface area contributed by atoms with E-state index in [9.17, 15) is 14.0 Å². The van der Waals surface area contributed by atoms with E-state index in [1.165, 1.54) is 19.1 Å². The Morgan fingerprint density at radius 3 is 2.50 bits per heavy atom. The smallest absolute Gasteiger partial charge is 0.260 e. The van der Waals surface area contributed by atoms with Crippen molar-refractivity contribution in [3.05, 3.63) is 64.9 Å². The van der Waals surface area contributed by atoms with Crippen LogP contribution in [0.3, 0.4) is 0 Å². The molecular weight excluding hydrogens is 409 g/mol. The first-order chi connectivity index (χ1) is 14.4. The highest BCUT2D eigenvalue weighted by atomic mass is 35.5. The summed E-state index contributed by atoms with van der Waals surface area (Å²) in [4.78, 5) is 28.2. The van der Waals surface area contributed by atoms with Gasteiger partial charge in [-0.25, -0.2) is 4.39 Å². The molecule has 0 saturated carbocycles. The number of nitrogens with zero attached hydrogens (tertiary/aromatic N) is 2. The Bertz CT molecular complexity index is 861. The van der Waals surface area contributed by atoms with Crippen molar-refractivity contribution >= 4 is 23.4 Å².